The average Bonchev–Trinajstić information content (AvgIpc) is 2.39. The first-order valence-corrected chi connectivity index (χ1v) is 6.96. The van der Waals surface area contributed by atoms with E-state index < -0.39 is 12.3 Å². The Balaban J connectivity index is 1.96. The van der Waals surface area contributed by atoms with Crippen LogP contribution in [0.4, 0.5) is 13.2 Å². The molecule has 1 aromatic rings. The molecule has 0 aromatic heterocycles. The molecule has 1 heterocycles. The smallest absolute Gasteiger partial charge is 0.382 e. The molecule has 0 aliphatic carbocycles. The number of halogens is 4. The molecule has 1 aliphatic rings. The number of alkyl halides is 3. The lowest BCUT2D eigenvalue weighted by atomic mass is 9.90. The van der Waals surface area contributed by atoms with E-state index in [4.69, 9.17) is 16.7 Å². The standard InChI is InChI=1S/C14H17ClF3NO/c15-12-5-3-10(4-6-12)11-2-1-7-19(8-11)9-13(20)14(16,17)18/h3-6,11,13,20H,1-2,7-9H2. The van der Waals surface area contributed by atoms with Crippen molar-refractivity contribution in [3.63, 3.8) is 0 Å². The Bertz CT molecular complexity index is 435. The fourth-order valence-electron chi connectivity index (χ4n) is 2.58. The molecule has 0 radical (unpaired) electrons. The Morgan fingerprint density at radius 3 is 2.55 bits per heavy atom. The lowest BCUT2D eigenvalue weighted by Gasteiger charge is -2.34. The number of benzene rings is 1. The summed E-state index contributed by atoms with van der Waals surface area (Å²) in [5.41, 5.74) is 1.08. The van der Waals surface area contributed by atoms with Crippen molar-refractivity contribution in [2.24, 2.45) is 0 Å². The van der Waals surface area contributed by atoms with Gasteiger partial charge < -0.3 is 5.11 Å². The van der Waals surface area contributed by atoms with Crippen molar-refractivity contribution in [2.75, 3.05) is 19.6 Å². The van der Waals surface area contributed by atoms with E-state index >= 15 is 0 Å². The number of hydrogen-bond acceptors (Lipinski definition) is 2. The highest BCUT2D eigenvalue weighted by Gasteiger charge is 2.39. The van der Waals surface area contributed by atoms with Gasteiger partial charge in [0.1, 0.15) is 0 Å². The maximum absolute atomic E-state index is 12.4. The Labute approximate surface area is 121 Å². The number of aliphatic hydroxyl groups excluding tert-OH is 1. The van der Waals surface area contributed by atoms with Gasteiger partial charge in [0.2, 0.25) is 0 Å². The van der Waals surface area contributed by atoms with Gasteiger partial charge in [-0.25, -0.2) is 0 Å². The maximum atomic E-state index is 12.4. The summed E-state index contributed by atoms with van der Waals surface area (Å²) in [5, 5.41) is 9.79. The number of piperidine rings is 1. The normalized spacial score (nSPS) is 22.8. The number of aliphatic hydroxyl groups is 1. The van der Waals surface area contributed by atoms with E-state index in [-0.39, 0.29) is 12.5 Å². The molecule has 2 rings (SSSR count). The molecule has 1 aromatic carbocycles. The van der Waals surface area contributed by atoms with Gasteiger partial charge in [-0.05, 0) is 43.0 Å². The molecule has 0 bridgehead atoms. The van der Waals surface area contributed by atoms with Crippen LogP contribution in [0.15, 0.2) is 24.3 Å². The summed E-state index contributed by atoms with van der Waals surface area (Å²) < 4.78 is 37.1. The van der Waals surface area contributed by atoms with E-state index in [0.717, 1.165) is 18.4 Å². The van der Waals surface area contributed by atoms with E-state index in [1.54, 1.807) is 17.0 Å². The fraction of sp³-hybridized carbons (Fsp3) is 0.571. The van der Waals surface area contributed by atoms with Crippen molar-refractivity contribution >= 4 is 11.6 Å². The van der Waals surface area contributed by atoms with Crippen molar-refractivity contribution < 1.29 is 18.3 Å². The van der Waals surface area contributed by atoms with Gasteiger partial charge in [0.05, 0.1) is 0 Å². The van der Waals surface area contributed by atoms with Crippen LogP contribution >= 0.6 is 11.6 Å². The van der Waals surface area contributed by atoms with Crippen molar-refractivity contribution in [3.05, 3.63) is 34.9 Å². The SMILES string of the molecule is OC(CN1CCCC(c2ccc(Cl)cc2)C1)C(F)(F)F. The van der Waals surface area contributed by atoms with Crippen LogP contribution in [0.5, 0.6) is 0 Å². The highest BCUT2D eigenvalue weighted by atomic mass is 35.5. The molecule has 6 heteroatoms. The minimum atomic E-state index is -4.55. The van der Waals surface area contributed by atoms with E-state index in [9.17, 15) is 13.2 Å². The van der Waals surface area contributed by atoms with Crippen molar-refractivity contribution in [3.8, 4) is 0 Å². The molecule has 1 saturated heterocycles. The molecular weight excluding hydrogens is 291 g/mol. The van der Waals surface area contributed by atoms with Gasteiger partial charge in [-0.15, -0.1) is 0 Å². The summed E-state index contributed by atoms with van der Waals surface area (Å²) in [5.74, 6) is 0.196. The second kappa shape index (κ2) is 6.33. The van der Waals surface area contributed by atoms with Crippen LogP contribution in [0.1, 0.15) is 24.3 Å². The monoisotopic (exact) mass is 307 g/mol. The van der Waals surface area contributed by atoms with Crippen LogP contribution in [-0.4, -0.2) is 41.9 Å². The van der Waals surface area contributed by atoms with Crippen LogP contribution in [0.3, 0.4) is 0 Å². The highest BCUT2D eigenvalue weighted by molar-refractivity contribution is 6.30. The first-order chi connectivity index (χ1) is 9.36. The van der Waals surface area contributed by atoms with E-state index in [2.05, 4.69) is 0 Å². The molecule has 0 spiro atoms. The third-order valence-electron chi connectivity index (χ3n) is 3.66. The van der Waals surface area contributed by atoms with Crippen molar-refractivity contribution in [2.45, 2.75) is 31.0 Å². The largest absolute Gasteiger partial charge is 0.415 e. The number of likely N-dealkylation sites (tertiary alicyclic amines) is 1. The van der Waals surface area contributed by atoms with Crippen molar-refractivity contribution in [1.29, 1.82) is 0 Å². The van der Waals surface area contributed by atoms with Gasteiger partial charge in [0.25, 0.3) is 0 Å². The van der Waals surface area contributed by atoms with Crippen LogP contribution in [0, 0.1) is 0 Å². The Kier molecular flexibility index (Phi) is 4.94. The van der Waals surface area contributed by atoms with Gasteiger partial charge in [0.15, 0.2) is 6.10 Å². The van der Waals surface area contributed by atoms with Gasteiger partial charge in [-0.3, -0.25) is 4.90 Å². The van der Waals surface area contributed by atoms with Crippen LogP contribution in [-0.2, 0) is 0 Å². The summed E-state index contributed by atoms with van der Waals surface area (Å²) in [6.45, 7) is 0.777. The summed E-state index contributed by atoms with van der Waals surface area (Å²) in [6.07, 6.45) is -5.04. The zero-order chi connectivity index (χ0) is 14.8. The van der Waals surface area contributed by atoms with Crippen molar-refractivity contribution in [1.82, 2.24) is 4.90 Å². The summed E-state index contributed by atoms with van der Waals surface area (Å²) in [6, 6.07) is 7.41. The van der Waals surface area contributed by atoms with Crippen LogP contribution in [0.2, 0.25) is 5.02 Å². The van der Waals surface area contributed by atoms with Gasteiger partial charge in [0, 0.05) is 18.1 Å². The van der Waals surface area contributed by atoms with E-state index in [1.807, 2.05) is 12.1 Å². The molecule has 2 nitrogen and oxygen atoms in total. The minimum absolute atomic E-state index is 0.196. The lowest BCUT2D eigenvalue weighted by molar-refractivity contribution is -0.208. The summed E-state index contributed by atoms with van der Waals surface area (Å²) in [7, 11) is 0. The molecule has 112 valence electrons. The van der Waals surface area contributed by atoms with Crippen LogP contribution in [0.25, 0.3) is 0 Å². The summed E-state index contributed by atoms with van der Waals surface area (Å²) >= 11 is 5.83. The number of hydrogen-bond donors (Lipinski definition) is 1. The third kappa shape index (κ3) is 4.11. The fourth-order valence-corrected chi connectivity index (χ4v) is 2.70. The van der Waals surface area contributed by atoms with Gasteiger partial charge >= 0.3 is 6.18 Å². The first kappa shape index (κ1) is 15.6. The van der Waals surface area contributed by atoms with Gasteiger partial charge in [-0.2, -0.15) is 13.2 Å². The topological polar surface area (TPSA) is 23.5 Å². The Morgan fingerprint density at radius 2 is 1.95 bits per heavy atom. The second-order valence-electron chi connectivity index (χ2n) is 5.21. The quantitative estimate of drug-likeness (QED) is 0.924. The Morgan fingerprint density at radius 1 is 1.30 bits per heavy atom. The summed E-state index contributed by atoms with van der Waals surface area (Å²) in [4.78, 5) is 1.68. The third-order valence-corrected chi connectivity index (χ3v) is 3.91. The number of rotatable bonds is 3. The molecule has 0 amide bonds. The number of β-amino-alcohol motifs (C(OH)–C–C–N with tert-alkyl or cyclic N) is 1. The predicted molar refractivity (Wildman–Crippen MR) is 71.9 cm³/mol. The molecule has 0 saturated carbocycles. The average molecular weight is 308 g/mol. The van der Waals surface area contributed by atoms with Gasteiger partial charge in [-0.1, -0.05) is 23.7 Å². The van der Waals surface area contributed by atoms with Crippen LogP contribution < -0.4 is 0 Å². The predicted octanol–water partition coefficient (Wildman–Crippen LogP) is 3.44. The molecule has 1 fully saturated rings. The zero-order valence-electron chi connectivity index (χ0n) is 10.9. The highest BCUT2D eigenvalue weighted by Crippen LogP contribution is 2.29. The molecule has 2 atom stereocenters. The molecule has 1 aliphatic heterocycles. The molecule has 20 heavy (non-hydrogen) atoms. The number of nitrogens with zero attached hydrogens (tertiary/aromatic N) is 1. The minimum Gasteiger partial charge on any atom is -0.382 e. The molecule has 1 N–H and O–H groups in total. The Hall–Kier alpha value is -0.780. The maximum Gasteiger partial charge on any atom is 0.415 e. The zero-order valence-corrected chi connectivity index (χ0v) is 11.7. The first-order valence-electron chi connectivity index (χ1n) is 6.59. The molecular formula is C14H17ClF3NO. The second-order valence-corrected chi connectivity index (χ2v) is 5.64. The van der Waals surface area contributed by atoms with E-state index in [0.29, 0.717) is 18.1 Å². The molecule has 2 unspecified atom stereocenters. The van der Waals surface area contributed by atoms with E-state index in [1.165, 1.54) is 0 Å². The lowest BCUT2D eigenvalue weighted by Crippen LogP contribution is -2.44.